The minimum Gasteiger partial charge on any atom is -0.322 e. The summed E-state index contributed by atoms with van der Waals surface area (Å²) >= 11 is 0. The number of halogens is 1. The van der Waals surface area contributed by atoms with Crippen LogP contribution in [0.1, 0.15) is 16.1 Å². The van der Waals surface area contributed by atoms with Gasteiger partial charge >= 0.3 is 0 Å². The quantitative estimate of drug-likeness (QED) is 0.872. The molecule has 0 saturated carbocycles. The molecule has 2 aromatic rings. The molecule has 0 aliphatic carbocycles. The predicted molar refractivity (Wildman–Crippen MR) is 73.7 cm³/mol. The SMILES string of the molecule is Cc1nn(C)cc1C(=O)Nc1ccc(S(N)(=O)=O)c(F)c1. The summed E-state index contributed by atoms with van der Waals surface area (Å²) in [5.41, 5.74) is 0.984. The lowest BCUT2D eigenvalue weighted by molar-refractivity contribution is 0.102. The minimum atomic E-state index is -4.14. The molecule has 1 aromatic carbocycles. The predicted octanol–water partition coefficient (Wildman–Crippen LogP) is 0.767. The van der Waals surface area contributed by atoms with E-state index < -0.39 is 26.6 Å². The van der Waals surface area contributed by atoms with Crippen LogP contribution in [0.15, 0.2) is 29.3 Å². The first kappa shape index (κ1) is 15.1. The molecule has 0 radical (unpaired) electrons. The maximum Gasteiger partial charge on any atom is 0.259 e. The Morgan fingerprint density at radius 2 is 2.10 bits per heavy atom. The number of aromatic nitrogens is 2. The molecule has 0 saturated heterocycles. The topological polar surface area (TPSA) is 107 Å². The highest BCUT2D eigenvalue weighted by atomic mass is 32.2. The number of amides is 1. The van der Waals surface area contributed by atoms with Gasteiger partial charge in [0.1, 0.15) is 10.7 Å². The van der Waals surface area contributed by atoms with Crippen LogP contribution >= 0.6 is 0 Å². The van der Waals surface area contributed by atoms with Gasteiger partial charge in [-0.3, -0.25) is 9.48 Å². The molecule has 112 valence electrons. The van der Waals surface area contributed by atoms with Crippen molar-refractivity contribution in [1.82, 2.24) is 9.78 Å². The van der Waals surface area contributed by atoms with E-state index in [0.717, 1.165) is 12.1 Å². The van der Waals surface area contributed by atoms with Crippen LogP contribution in [0.2, 0.25) is 0 Å². The Morgan fingerprint density at radius 1 is 1.43 bits per heavy atom. The number of benzene rings is 1. The summed E-state index contributed by atoms with van der Waals surface area (Å²) in [6.07, 6.45) is 1.53. The Kier molecular flexibility index (Phi) is 3.79. The second-order valence-electron chi connectivity index (χ2n) is 4.45. The number of nitrogens with zero attached hydrogens (tertiary/aromatic N) is 2. The molecule has 1 amide bonds. The molecule has 3 N–H and O–H groups in total. The molecule has 0 fully saturated rings. The van der Waals surface area contributed by atoms with Gasteiger partial charge in [-0.25, -0.2) is 17.9 Å². The molecule has 0 spiro atoms. The first-order chi connectivity index (χ1) is 9.68. The maximum absolute atomic E-state index is 13.7. The molecule has 0 bridgehead atoms. The Morgan fingerprint density at radius 3 is 2.57 bits per heavy atom. The van der Waals surface area contributed by atoms with Crippen molar-refractivity contribution in [2.75, 3.05) is 5.32 Å². The fourth-order valence-electron chi connectivity index (χ4n) is 1.83. The average molecular weight is 312 g/mol. The molecule has 7 nitrogen and oxygen atoms in total. The Bertz CT molecular complexity index is 814. The normalized spacial score (nSPS) is 11.4. The highest BCUT2D eigenvalue weighted by molar-refractivity contribution is 7.89. The number of sulfonamides is 1. The van der Waals surface area contributed by atoms with Crippen LogP contribution < -0.4 is 10.5 Å². The highest BCUT2D eigenvalue weighted by Gasteiger charge is 2.17. The summed E-state index contributed by atoms with van der Waals surface area (Å²) in [7, 11) is -2.46. The van der Waals surface area contributed by atoms with E-state index in [2.05, 4.69) is 10.4 Å². The van der Waals surface area contributed by atoms with Crippen molar-refractivity contribution >= 4 is 21.6 Å². The molecule has 9 heteroatoms. The standard InChI is InChI=1S/C12H13FN4O3S/c1-7-9(6-17(2)16-7)12(18)15-8-3-4-11(10(13)5-8)21(14,19)20/h3-6H,1-2H3,(H,15,18)(H2,14,19,20). The van der Waals surface area contributed by atoms with E-state index in [-0.39, 0.29) is 5.69 Å². The van der Waals surface area contributed by atoms with Crippen LogP contribution in [0.4, 0.5) is 10.1 Å². The van der Waals surface area contributed by atoms with Crippen molar-refractivity contribution in [3.8, 4) is 0 Å². The van der Waals surface area contributed by atoms with Gasteiger partial charge in [0.2, 0.25) is 10.0 Å². The number of hydrogen-bond acceptors (Lipinski definition) is 4. The lowest BCUT2D eigenvalue weighted by Crippen LogP contribution is -2.15. The summed E-state index contributed by atoms with van der Waals surface area (Å²) in [6.45, 7) is 1.67. The van der Waals surface area contributed by atoms with E-state index in [4.69, 9.17) is 5.14 Å². The second-order valence-corrected chi connectivity index (χ2v) is 5.98. The third-order valence-corrected chi connectivity index (χ3v) is 3.70. The Balaban J connectivity index is 2.27. The van der Waals surface area contributed by atoms with Crippen LogP contribution in [-0.4, -0.2) is 24.1 Å². The summed E-state index contributed by atoms with van der Waals surface area (Å²) in [5.74, 6) is -1.50. The van der Waals surface area contributed by atoms with Crippen LogP contribution in [0.25, 0.3) is 0 Å². The van der Waals surface area contributed by atoms with Crippen molar-refractivity contribution in [3.05, 3.63) is 41.5 Å². The number of primary sulfonamides is 1. The zero-order valence-corrected chi connectivity index (χ0v) is 12.1. The Hall–Kier alpha value is -2.26. The highest BCUT2D eigenvalue weighted by Crippen LogP contribution is 2.18. The fraction of sp³-hybridized carbons (Fsp3) is 0.167. The third kappa shape index (κ3) is 3.26. The molecular formula is C12H13FN4O3S. The van der Waals surface area contributed by atoms with Crippen LogP contribution in [0.3, 0.4) is 0 Å². The van der Waals surface area contributed by atoms with Gasteiger partial charge < -0.3 is 5.32 Å². The van der Waals surface area contributed by atoms with Gasteiger partial charge in [-0.05, 0) is 25.1 Å². The van der Waals surface area contributed by atoms with E-state index in [0.29, 0.717) is 11.3 Å². The Labute approximate surface area is 120 Å². The van der Waals surface area contributed by atoms with Gasteiger partial charge in [0.15, 0.2) is 0 Å². The van der Waals surface area contributed by atoms with Crippen molar-refractivity contribution in [3.63, 3.8) is 0 Å². The maximum atomic E-state index is 13.7. The first-order valence-corrected chi connectivity index (χ1v) is 7.37. The molecule has 1 aromatic heterocycles. The van der Waals surface area contributed by atoms with Crippen LogP contribution in [0.5, 0.6) is 0 Å². The van der Waals surface area contributed by atoms with Gasteiger partial charge in [-0.1, -0.05) is 0 Å². The molecule has 1 heterocycles. The number of nitrogens with two attached hydrogens (primary N) is 1. The van der Waals surface area contributed by atoms with E-state index >= 15 is 0 Å². The van der Waals surface area contributed by atoms with Gasteiger partial charge in [-0.15, -0.1) is 0 Å². The zero-order valence-electron chi connectivity index (χ0n) is 11.3. The smallest absolute Gasteiger partial charge is 0.259 e. The largest absolute Gasteiger partial charge is 0.322 e. The third-order valence-electron chi connectivity index (χ3n) is 2.75. The van der Waals surface area contributed by atoms with Crippen molar-refractivity contribution in [2.24, 2.45) is 12.2 Å². The molecule has 2 rings (SSSR count). The van der Waals surface area contributed by atoms with Crippen molar-refractivity contribution in [2.45, 2.75) is 11.8 Å². The summed E-state index contributed by atoms with van der Waals surface area (Å²) in [6, 6.07) is 3.14. The van der Waals surface area contributed by atoms with Crippen molar-refractivity contribution in [1.29, 1.82) is 0 Å². The van der Waals surface area contributed by atoms with E-state index in [9.17, 15) is 17.6 Å². The molecular weight excluding hydrogens is 299 g/mol. The zero-order chi connectivity index (χ0) is 15.8. The van der Waals surface area contributed by atoms with Gasteiger partial charge in [0.05, 0.1) is 11.3 Å². The van der Waals surface area contributed by atoms with Gasteiger partial charge in [-0.2, -0.15) is 5.10 Å². The average Bonchev–Trinajstić information content (AvgIpc) is 2.67. The molecule has 0 atom stereocenters. The fourth-order valence-corrected chi connectivity index (χ4v) is 2.42. The number of carbonyl (C=O) groups excluding carboxylic acids is 1. The summed E-state index contributed by atoms with van der Waals surface area (Å²) in [5, 5.41) is 11.3. The van der Waals surface area contributed by atoms with Crippen LogP contribution in [-0.2, 0) is 17.1 Å². The lowest BCUT2D eigenvalue weighted by Gasteiger charge is -2.06. The number of carbonyl (C=O) groups is 1. The number of rotatable bonds is 3. The number of anilines is 1. The van der Waals surface area contributed by atoms with Gasteiger partial charge in [0.25, 0.3) is 5.91 Å². The van der Waals surface area contributed by atoms with E-state index in [1.807, 2.05) is 0 Å². The monoisotopic (exact) mass is 312 g/mol. The first-order valence-electron chi connectivity index (χ1n) is 5.82. The number of aryl methyl sites for hydroxylation is 2. The summed E-state index contributed by atoms with van der Waals surface area (Å²) < 4.78 is 37.3. The minimum absolute atomic E-state index is 0.119. The number of hydrogen-bond donors (Lipinski definition) is 2. The van der Waals surface area contributed by atoms with Crippen molar-refractivity contribution < 1.29 is 17.6 Å². The van der Waals surface area contributed by atoms with E-state index in [1.165, 1.54) is 16.9 Å². The lowest BCUT2D eigenvalue weighted by atomic mass is 10.2. The number of nitrogens with one attached hydrogen (secondary N) is 1. The molecule has 0 aliphatic rings. The van der Waals surface area contributed by atoms with E-state index in [1.54, 1.807) is 14.0 Å². The van der Waals surface area contributed by atoms with Gasteiger partial charge in [0, 0.05) is 18.9 Å². The molecule has 21 heavy (non-hydrogen) atoms. The second kappa shape index (κ2) is 5.26. The molecule has 0 unspecified atom stereocenters. The molecule has 0 aliphatic heterocycles. The summed E-state index contributed by atoms with van der Waals surface area (Å²) in [4.78, 5) is 11.4. The van der Waals surface area contributed by atoms with Crippen LogP contribution in [0, 0.1) is 12.7 Å².